The highest BCUT2D eigenvalue weighted by molar-refractivity contribution is 7.90. The second kappa shape index (κ2) is 33.7. The van der Waals surface area contributed by atoms with Gasteiger partial charge in [0.15, 0.2) is 0 Å². The number of carbonyl (C=O) groups is 1. The fourth-order valence-corrected chi connectivity index (χ4v) is 21.0. The largest absolute Gasteiger partial charge is 0.465 e. The number of ether oxygens (including phenoxy) is 1. The van der Waals surface area contributed by atoms with E-state index in [0.29, 0.717) is 11.1 Å². The molecule has 2 aliphatic rings. The van der Waals surface area contributed by atoms with Crippen LogP contribution in [0, 0.1) is 41.5 Å². The van der Waals surface area contributed by atoms with E-state index < -0.39 is 66.1 Å². The molecule has 540 valence electrons. The molecule has 28 heteroatoms. The predicted octanol–water partition coefficient (Wildman–Crippen LogP) is 8.66. The molecule has 7 aromatic rings. The molecule has 2 fully saturated rings. The zero-order valence-corrected chi connectivity index (χ0v) is 62.8. The van der Waals surface area contributed by atoms with Crippen LogP contribution in [0.2, 0.25) is 0 Å². The predicted molar refractivity (Wildman–Crippen MR) is 386 cm³/mol. The molecular formula is C72H92N8O14S6. The molecule has 0 unspecified atom stereocenters. The number of rotatable bonds is 17. The second-order valence-electron chi connectivity index (χ2n) is 25.8. The summed E-state index contributed by atoms with van der Waals surface area (Å²) in [5.41, 5.74) is 6.35. The van der Waals surface area contributed by atoms with E-state index in [-0.39, 0.29) is 178 Å². The molecule has 0 N–H and O–H groups in total. The van der Waals surface area contributed by atoms with Gasteiger partial charge in [0.25, 0.3) is 0 Å². The first-order valence-electron chi connectivity index (χ1n) is 33.5. The third-order valence-corrected chi connectivity index (χ3v) is 29.7. The molecule has 0 aliphatic carbocycles. The number of hydrogen-bond acceptors (Lipinski definition) is 16. The molecule has 2 aliphatic heterocycles. The Labute approximate surface area is 593 Å². The summed E-state index contributed by atoms with van der Waals surface area (Å²) < 4.78 is 189. The summed E-state index contributed by atoms with van der Waals surface area (Å²) in [7, 11) is -24.0. The van der Waals surface area contributed by atoms with Crippen molar-refractivity contribution in [2.75, 3.05) is 112 Å². The average Bonchev–Trinajstić information content (AvgIpc) is 0.814. The van der Waals surface area contributed by atoms with Gasteiger partial charge >= 0.3 is 5.97 Å². The number of aryl methyl sites for hydroxylation is 6. The van der Waals surface area contributed by atoms with E-state index in [4.69, 9.17) is 4.74 Å². The van der Waals surface area contributed by atoms with Crippen molar-refractivity contribution in [1.29, 1.82) is 0 Å². The summed E-state index contributed by atoms with van der Waals surface area (Å²) in [6.07, 6.45) is 0.486. The SMILES string of the molecule is COC(=O)c1cc(CN2CCCN(S(=O)(=O)c3ccc(C)cc3)CCN(S(=O)(=O)c3ccc(C)cc3)CCCN(S(=O)(=O)c3ccc(C)cc3)CC2)ccc1CN1CCCN(S(=O)(=O)c2ccc(C)cc2)CCN(S(=O)(=O)c2ccc(C)cc2)CCCN(S(=O)(=O)c2ccc(C)cc2)CC1. The second-order valence-corrected chi connectivity index (χ2v) is 37.4. The lowest BCUT2D eigenvalue weighted by Gasteiger charge is -2.32. The molecule has 2 heterocycles. The molecule has 9 rings (SSSR count). The zero-order valence-electron chi connectivity index (χ0n) is 57.9. The van der Waals surface area contributed by atoms with Crippen molar-refractivity contribution in [3.63, 3.8) is 0 Å². The van der Waals surface area contributed by atoms with Gasteiger partial charge < -0.3 is 4.74 Å². The third-order valence-electron chi connectivity index (χ3n) is 18.3. The molecule has 100 heavy (non-hydrogen) atoms. The molecular weight excluding hydrogens is 1390 g/mol. The van der Waals surface area contributed by atoms with Crippen molar-refractivity contribution >= 4 is 66.1 Å². The standard InChI is InChI=1S/C72H92N8O14S6/c1-57-12-26-65(27-13-57)95(82,83)75-42-10-44-79(99(90,91)69-34-20-61(5)21-35-69)52-50-77(97(86,87)67-30-16-59(3)17-31-67)40-8-38-73(46-48-75)55-63-24-25-64(71(54-63)72(81)94-7)56-74-39-9-41-78(98(88,89)68-32-18-60(4)19-33-68)51-53-80(100(92,93)70-36-22-62(6)23-37-70)45-11-43-76(49-47-74)96(84,85)66-28-14-58(2)15-29-66/h12-37,54H,8-11,38-53,55-56H2,1-7H3. The molecule has 7 aromatic carbocycles. The maximum atomic E-state index is 14.8. The number of methoxy groups -OCH3 is 1. The van der Waals surface area contributed by atoms with Crippen LogP contribution in [0.25, 0.3) is 0 Å². The van der Waals surface area contributed by atoms with Gasteiger partial charge in [-0.1, -0.05) is 118 Å². The fraction of sp³-hybridized carbons (Fsp3) is 0.403. The van der Waals surface area contributed by atoms with Gasteiger partial charge in [-0.25, -0.2) is 55.3 Å². The van der Waals surface area contributed by atoms with Gasteiger partial charge in [0.2, 0.25) is 60.1 Å². The van der Waals surface area contributed by atoms with E-state index in [2.05, 4.69) is 0 Å². The van der Waals surface area contributed by atoms with E-state index in [1.807, 2.05) is 57.4 Å². The first-order chi connectivity index (χ1) is 47.4. The summed E-state index contributed by atoms with van der Waals surface area (Å²) in [5.74, 6) is -0.685. The van der Waals surface area contributed by atoms with Crippen LogP contribution in [-0.4, -0.2) is 204 Å². The minimum atomic E-state index is -4.23. The van der Waals surface area contributed by atoms with Gasteiger partial charge in [-0.05, 0) is 170 Å². The fourth-order valence-electron chi connectivity index (χ4n) is 12.2. The smallest absolute Gasteiger partial charge is 0.338 e. The number of esters is 1. The van der Waals surface area contributed by atoms with Crippen LogP contribution in [0.4, 0.5) is 0 Å². The van der Waals surface area contributed by atoms with Crippen molar-refractivity contribution < 1.29 is 60.0 Å². The Bertz CT molecular complexity index is 4650. The summed E-state index contributed by atoms with van der Waals surface area (Å²) in [6.45, 7) is 10.1. The molecule has 0 radical (unpaired) electrons. The van der Waals surface area contributed by atoms with Gasteiger partial charge in [-0.15, -0.1) is 0 Å². The van der Waals surface area contributed by atoms with Crippen molar-refractivity contribution in [1.82, 2.24) is 35.6 Å². The maximum absolute atomic E-state index is 14.8. The van der Waals surface area contributed by atoms with Crippen LogP contribution in [0.5, 0.6) is 0 Å². The summed E-state index contributed by atoms with van der Waals surface area (Å²) in [6, 6.07) is 43.8. The topological polar surface area (TPSA) is 257 Å². The molecule has 22 nitrogen and oxygen atoms in total. The van der Waals surface area contributed by atoms with Crippen LogP contribution < -0.4 is 0 Å². The number of nitrogens with zero attached hydrogens (tertiary/aromatic N) is 8. The zero-order chi connectivity index (χ0) is 72.2. The Kier molecular flexibility index (Phi) is 26.1. The number of hydrogen-bond donors (Lipinski definition) is 0. The average molecular weight is 1490 g/mol. The molecule has 0 atom stereocenters. The Balaban J connectivity index is 1.04. The minimum absolute atomic E-state index is 0.0103. The van der Waals surface area contributed by atoms with Crippen LogP contribution in [0.1, 0.15) is 80.5 Å². The highest BCUT2D eigenvalue weighted by Crippen LogP contribution is 2.28. The van der Waals surface area contributed by atoms with E-state index in [1.54, 1.807) is 84.9 Å². The van der Waals surface area contributed by atoms with E-state index in [1.165, 1.54) is 106 Å². The van der Waals surface area contributed by atoms with Crippen LogP contribution in [0.15, 0.2) is 193 Å². The van der Waals surface area contributed by atoms with Crippen molar-refractivity contribution in [2.24, 2.45) is 0 Å². The van der Waals surface area contributed by atoms with Crippen LogP contribution in [0.3, 0.4) is 0 Å². The molecule has 0 spiro atoms. The lowest BCUT2D eigenvalue weighted by Crippen LogP contribution is -2.45. The van der Waals surface area contributed by atoms with Gasteiger partial charge in [0, 0.05) is 105 Å². The van der Waals surface area contributed by atoms with Crippen molar-refractivity contribution in [3.8, 4) is 0 Å². The Morgan fingerprint density at radius 2 is 0.510 bits per heavy atom. The highest BCUT2D eigenvalue weighted by Gasteiger charge is 2.35. The van der Waals surface area contributed by atoms with Crippen molar-refractivity contribution in [2.45, 2.75) is 110 Å². The summed E-state index contributed by atoms with van der Waals surface area (Å²) in [4.78, 5) is 18.3. The molecule has 0 bridgehead atoms. The first-order valence-corrected chi connectivity index (χ1v) is 42.1. The number of carbonyl (C=O) groups excluding carboxylic acids is 1. The summed E-state index contributed by atoms with van der Waals surface area (Å²) in [5, 5.41) is 0. The summed E-state index contributed by atoms with van der Waals surface area (Å²) >= 11 is 0. The molecule has 0 saturated carbocycles. The van der Waals surface area contributed by atoms with E-state index >= 15 is 0 Å². The molecule has 0 amide bonds. The first kappa shape index (κ1) is 77.5. The van der Waals surface area contributed by atoms with E-state index in [9.17, 15) is 55.3 Å². The van der Waals surface area contributed by atoms with Crippen molar-refractivity contribution in [3.05, 3.63) is 214 Å². The van der Waals surface area contributed by atoms with Crippen LogP contribution in [-0.2, 0) is 78.0 Å². The Hall–Kier alpha value is -6.61. The third kappa shape index (κ3) is 19.4. The van der Waals surface area contributed by atoms with Crippen LogP contribution >= 0.6 is 0 Å². The van der Waals surface area contributed by atoms with Gasteiger partial charge in [0.1, 0.15) is 0 Å². The van der Waals surface area contributed by atoms with Gasteiger partial charge in [-0.3, -0.25) is 9.80 Å². The lowest BCUT2D eigenvalue weighted by molar-refractivity contribution is 0.0597. The number of sulfonamides is 6. The molecule has 2 saturated heterocycles. The minimum Gasteiger partial charge on any atom is -0.465 e. The normalized spacial score (nSPS) is 17.8. The Morgan fingerprint density at radius 3 is 0.750 bits per heavy atom. The molecule has 0 aromatic heterocycles. The van der Waals surface area contributed by atoms with E-state index in [0.717, 1.165) is 33.4 Å². The quantitative estimate of drug-likeness (QED) is 0.0773. The monoisotopic (exact) mass is 1480 g/mol. The maximum Gasteiger partial charge on any atom is 0.338 e. The van der Waals surface area contributed by atoms with Gasteiger partial charge in [-0.2, -0.15) is 25.8 Å². The highest BCUT2D eigenvalue weighted by atomic mass is 32.2. The van der Waals surface area contributed by atoms with Gasteiger partial charge in [0.05, 0.1) is 42.0 Å². The number of benzene rings is 7. The Morgan fingerprint density at radius 1 is 0.290 bits per heavy atom. The lowest BCUT2D eigenvalue weighted by atomic mass is 10.0.